The molecule has 0 aliphatic carbocycles. The van der Waals surface area contributed by atoms with Crippen LogP contribution in [0.4, 0.5) is 28.7 Å². The van der Waals surface area contributed by atoms with E-state index < -0.39 is 0 Å². The lowest BCUT2D eigenvalue weighted by Gasteiger charge is -2.12. The van der Waals surface area contributed by atoms with Gasteiger partial charge in [-0.25, -0.2) is 9.97 Å². The summed E-state index contributed by atoms with van der Waals surface area (Å²) in [6.45, 7) is 7.69. The third-order valence-corrected chi connectivity index (χ3v) is 4.14. The van der Waals surface area contributed by atoms with Gasteiger partial charge in [0, 0.05) is 30.1 Å². The highest BCUT2D eigenvalue weighted by Crippen LogP contribution is 2.23. The van der Waals surface area contributed by atoms with Crippen LogP contribution in [0.15, 0.2) is 54.6 Å². The number of anilines is 5. The Kier molecular flexibility index (Phi) is 5.89. The van der Waals surface area contributed by atoms with Crippen LogP contribution in [0.25, 0.3) is 0 Å². The molecule has 3 N–H and O–H groups in total. The molecule has 0 aliphatic rings. The molecule has 1 amide bonds. The molecule has 0 spiro atoms. The maximum Gasteiger partial charge on any atom is 0.221 e. The van der Waals surface area contributed by atoms with Crippen LogP contribution in [0.3, 0.4) is 0 Å². The first-order chi connectivity index (χ1) is 13.4. The van der Waals surface area contributed by atoms with E-state index in [2.05, 4.69) is 64.0 Å². The Morgan fingerprint density at radius 1 is 0.857 bits per heavy atom. The SMILES string of the molecule is CC(=O)Nc1cccc(Nc2cc(Nc3ccc(C(C)C)cc3)nc(C)n2)c1. The Morgan fingerprint density at radius 3 is 2.07 bits per heavy atom. The van der Waals surface area contributed by atoms with Crippen molar-refractivity contribution in [3.8, 4) is 0 Å². The number of aryl methyl sites for hydroxylation is 1. The van der Waals surface area contributed by atoms with Gasteiger partial charge in [-0.2, -0.15) is 0 Å². The molecule has 3 aromatic rings. The van der Waals surface area contributed by atoms with Crippen LogP contribution in [0.2, 0.25) is 0 Å². The van der Waals surface area contributed by atoms with Gasteiger partial charge < -0.3 is 16.0 Å². The molecule has 28 heavy (non-hydrogen) atoms. The fourth-order valence-corrected chi connectivity index (χ4v) is 2.82. The summed E-state index contributed by atoms with van der Waals surface area (Å²) in [5.74, 6) is 2.44. The maximum absolute atomic E-state index is 11.2. The minimum atomic E-state index is -0.106. The van der Waals surface area contributed by atoms with Gasteiger partial charge in [-0.05, 0) is 48.7 Å². The third kappa shape index (κ3) is 5.30. The number of nitrogens with zero attached hydrogens (tertiary/aromatic N) is 2. The molecule has 0 aliphatic heterocycles. The van der Waals surface area contributed by atoms with Crippen LogP contribution >= 0.6 is 0 Å². The highest BCUT2D eigenvalue weighted by Gasteiger charge is 2.05. The maximum atomic E-state index is 11.2. The van der Waals surface area contributed by atoms with Crippen LogP contribution in [0.5, 0.6) is 0 Å². The molecule has 0 radical (unpaired) electrons. The van der Waals surface area contributed by atoms with Crippen molar-refractivity contribution >= 4 is 34.6 Å². The summed E-state index contributed by atoms with van der Waals surface area (Å²) in [5.41, 5.74) is 3.83. The summed E-state index contributed by atoms with van der Waals surface area (Å²) in [5, 5.41) is 9.37. The lowest BCUT2D eigenvalue weighted by atomic mass is 10.0. The number of hydrogen-bond donors (Lipinski definition) is 3. The van der Waals surface area contributed by atoms with E-state index in [0.717, 1.165) is 17.1 Å². The van der Waals surface area contributed by atoms with E-state index in [1.165, 1.54) is 12.5 Å². The summed E-state index contributed by atoms with van der Waals surface area (Å²) in [7, 11) is 0. The second-order valence-corrected chi connectivity index (χ2v) is 6.97. The Balaban J connectivity index is 1.77. The molecule has 0 saturated carbocycles. The molecule has 2 aromatic carbocycles. The average molecular weight is 375 g/mol. The van der Waals surface area contributed by atoms with Gasteiger partial charge in [0.25, 0.3) is 0 Å². The standard InChI is InChI=1S/C22H25N5O/c1-14(2)17-8-10-18(11-9-17)26-21-13-22(24-15(3)23-21)27-20-7-5-6-19(12-20)25-16(4)28/h5-14H,1-4H3,(H,25,28)(H2,23,24,26,27). The Morgan fingerprint density at radius 2 is 1.46 bits per heavy atom. The van der Waals surface area contributed by atoms with Gasteiger partial charge in [0.1, 0.15) is 17.5 Å². The first-order valence-corrected chi connectivity index (χ1v) is 9.26. The number of rotatable bonds is 6. The van der Waals surface area contributed by atoms with Crippen molar-refractivity contribution in [2.45, 2.75) is 33.6 Å². The van der Waals surface area contributed by atoms with Gasteiger partial charge >= 0.3 is 0 Å². The first-order valence-electron chi connectivity index (χ1n) is 9.26. The van der Waals surface area contributed by atoms with Crippen molar-refractivity contribution in [1.29, 1.82) is 0 Å². The van der Waals surface area contributed by atoms with Crippen molar-refractivity contribution in [3.63, 3.8) is 0 Å². The topological polar surface area (TPSA) is 78.9 Å². The molecule has 0 unspecified atom stereocenters. The molecule has 1 aromatic heterocycles. The van der Waals surface area contributed by atoms with Crippen molar-refractivity contribution in [2.75, 3.05) is 16.0 Å². The summed E-state index contributed by atoms with van der Waals surface area (Å²) in [6, 6.07) is 17.7. The van der Waals surface area contributed by atoms with Gasteiger partial charge in [0.15, 0.2) is 0 Å². The van der Waals surface area contributed by atoms with E-state index in [9.17, 15) is 4.79 Å². The van der Waals surface area contributed by atoms with Crippen molar-refractivity contribution in [1.82, 2.24) is 9.97 Å². The zero-order chi connectivity index (χ0) is 20.1. The molecular weight excluding hydrogens is 350 g/mol. The minimum absolute atomic E-state index is 0.106. The van der Waals surface area contributed by atoms with Crippen LogP contribution in [0, 0.1) is 6.92 Å². The Bertz CT molecular complexity index is 967. The summed E-state index contributed by atoms with van der Waals surface area (Å²) >= 11 is 0. The zero-order valence-electron chi connectivity index (χ0n) is 16.6. The molecule has 3 rings (SSSR count). The van der Waals surface area contributed by atoms with Crippen LogP contribution in [0.1, 0.15) is 38.1 Å². The molecule has 0 bridgehead atoms. The van der Waals surface area contributed by atoms with Crippen LogP contribution < -0.4 is 16.0 Å². The van der Waals surface area contributed by atoms with Crippen molar-refractivity contribution in [2.24, 2.45) is 0 Å². The smallest absolute Gasteiger partial charge is 0.221 e. The summed E-state index contributed by atoms with van der Waals surface area (Å²) in [4.78, 5) is 20.2. The van der Waals surface area contributed by atoms with E-state index in [-0.39, 0.29) is 5.91 Å². The molecule has 144 valence electrons. The molecule has 0 saturated heterocycles. The molecule has 0 fully saturated rings. The van der Waals surface area contributed by atoms with Crippen LogP contribution in [-0.2, 0) is 4.79 Å². The van der Waals surface area contributed by atoms with Crippen molar-refractivity contribution < 1.29 is 4.79 Å². The Hall–Kier alpha value is -3.41. The molecule has 6 heteroatoms. The lowest BCUT2D eigenvalue weighted by Crippen LogP contribution is -2.06. The third-order valence-electron chi connectivity index (χ3n) is 4.14. The highest BCUT2D eigenvalue weighted by atomic mass is 16.1. The molecule has 0 atom stereocenters. The average Bonchev–Trinajstić information content (AvgIpc) is 2.61. The van der Waals surface area contributed by atoms with Gasteiger partial charge in [-0.3, -0.25) is 4.79 Å². The predicted octanol–water partition coefficient (Wildman–Crippen LogP) is 5.35. The van der Waals surface area contributed by atoms with E-state index in [1.807, 2.05) is 37.3 Å². The molecule has 6 nitrogen and oxygen atoms in total. The molecular formula is C22H25N5O. The normalized spacial score (nSPS) is 10.6. The lowest BCUT2D eigenvalue weighted by molar-refractivity contribution is -0.114. The fourth-order valence-electron chi connectivity index (χ4n) is 2.82. The number of hydrogen-bond acceptors (Lipinski definition) is 5. The fraction of sp³-hybridized carbons (Fsp3) is 0.227. The van der Waals surface area contributed by atoms with Crippen LogP contribution in [-0.4, -0.2) is 15.9 Å². The monoisotopic (exact) mass is 375 g/mol. The number of carbonyl (C=O) groups is 1. The Labute approximate surface area is 165 Å². The van der Waals surface area contributed by atoms with Crippen molar-refractivity contribution in [3.05, 3.63) is 66.0 Å². The van der Waals surface area contributed by atoms with E-state index >= 15 is 0 Å². The minimum Gasteiger partial charge on any atom is -0.340 e. The van der Waals surface area contributed by atoms with Gasteiger partial charge in [-0.1, -0.05) is 32.0 Å². The number of nitrogens with one attached hydrogen (secondary N) is 3. The second-order valence-electron chi connectivity index (χ2n) is 6.97. The summed E-state index contributed by atoms with van der Waals surface area (Å²) < 4.78 is 0. The number of benzene rings is 2. The van der Waals surface area contributed by atoms with Gasteiger partial charge in [0.05, 0.1) is 0 Å². The largest absolute Gasteiger partial charge is 0.340 e. The highest BCUT2D eigenvalue weighted by molar-refractivity contribution is 5.89. The summed E-state index contributed by atoms with van der Waals surface area (Å²) in [6.07, 6.45) is 0. The van der Waals surface area contributed by atoms with Gasteiger partial charge in [-0.15, -0.1) is 0 Å². The van der Waals surface area contributed by atoms with E-state index in [4.69, 9.17) is 0 Å². The van der Waals surface area contributed by atoms with Gasteiger partial charge in [0.2, 0.25) is 5.91 Å². The van der Waals surface area contributed by atoms with E-state index in [1.54, 1.807) is 0 Å². The second kappa shape index (κ2) is 8.52. The zero-order valence-corrected chi connectivity index (χ0v) is 16.6. The van der Waals surface area contributed by atoms with E-state index in [0.29, 0.717) is 23.4 Å². The quantitative estimate of drug-likeness (QED) is 0.541. The molecule has 1 heterocycles. The predicted molar refractivity (Wildman–Crippen MR) is 115 cm³/mol. The number of carbonyl (C=O) groups excluding carboxylic acids is 1. The number of aromatic nitrogens is 2. The number of amides is 1. The first kappa shape index (κ1) is 19.4.